The van der Waals surface area contributed by atoms with Gasteiger partial charge in [0.15, 0.2) is 6.61 Å². The summed E-state index contributed by atoms with van der Waals surface area (Å²) in [5, 5.41) is 6.92. The summed E-state index contributed by atoms with van der Waals surface area (Å²) in [6.07, 6.45) is 0. The third-order valence-corrected chi connectivity index (χ3v) is 4.80. The number of para-hydroxylation sites is 1. The van der Waals surface area contributed by atoms with Crippen LogP contribution in [0.3, 0.4) is 0 Å². The van der Waals surface area contributed by atoms with E-state index in [-0.39, 0.29) is 12.5 Å². The number of benzene rings is 3. The molecular formula is C24H21N3O3. The Kier molecular flexibility index (Phi) is 5.57. The molecule has 0 saturated carbocycles. The van der Waals surface area contributed by atoms with Gasteiger partial charge >= 0.3 is 0 Å². The summed E-state index contributed by atoms with van der Waals surface area (Å²) in [6, 6.07) is 22.6. The number of hydrogen-bond donors (Lipinski definition) is 1. The van der Waals surface area contributed by atoms with E-state index in [1.54, 1.807) is 6.07 Å². The Balaban J connectivity index is 1.49. The van der Waals surface area contributed by atoms with E-state index in [0.29, 0.717) is 28.7 Å². The molecule has 30 heavy (non-hydrogen) atoms. The lowest BCUT2D eigenvalue weighted by Gasteiger charge is -2.12. The van der Waals surface area contributed by atoms with E-state index in [2.05, 4.69) is 15.5 Å². The fourth-order valence-corrected chi connectivity index (χ4v) is 3.03. The van der Waals surface area contributed by atoms with Crippen molar-refractivity contribution in [3.8, 4) is 28.6 Å². The molecule has 0 saturated heterocycles. The van der Waals surface area contributed by atoms with Gasteiger partial charge < -0.3 is 14.6 Å². The minimum Gasteiger partial charge on any atom is -0.483 e. The van der Waals surface area contributed by atoms with Gasteiger partial charge in [0, 0.05) is 5.56 Å². The monoisotopic (exact) mass is 399 g/mol. The van der Waals surface area contributed by atoms with Crippen LogP contribution in [0.1, 0.15) is 11.1 Å². The number of hydrogen-bond acceptors (Lipinski definition) is 5. The first-order valence-corrected chi connectivity index (χ1v) is 9.59. The Bertz CT molecular complexity index is 1170. The van der Waals surface area contributed by atoms with Crippen LogP contribution in [0.5, 0.6) is 5.75 Å². The molecule has 6 nitrogen and oxygen atoms in total. The molecule has 0 aliphatic heterocycles. The number of nitrogens with zero attached hydrogens (tertiary/aromatic N) is 2. The highest BCUT2D eigenvalue weighted by Gasteiger charge is 2.15. The second-order valence-electron chi connectivity index (χ2n) is 6.87. The largest absolute Gasteiger partial charge is 0.483 e. The van der Waals surface area contributed by atoms with Gasteiger partial charge in [-0.3, -0.25) is 4.79 Å². The van der Waals surface area contributed by atoms with Crippen LogP contribution in [0.2, 0.25) is 0 Å². The first-order chi connectivity index (χ1) is 14.6. The Morgan fingerprint density at radius 3 is 2.57 bits per heavy atom. The SMILES string of the molecule is Cc1cccc(OCC(=O)Nc2ccccc2-c2nc(-c3ccccc3)no2)c1C. The average molecular weight is 399 g/mol. The number of carbonyl (C=O) groups excluding carboxylic acids is 1. The molecule has 3 aromatic carbocycles. The van der Waals surface area contributed by atoms with Crippen molar-refractivity contribution in [1.29, 1.82) is 0 Å². The summed E-state index contributed by atoms with van der Waals surface area (Å²) in [5.74, 6) is 1.25. The third-order valence-electron chi connectivity index (χ3n) is 4.80. The van der Waals surface area contributed by atoms with Gasteiger partial charge in [0.2, 0.25) is 5.82 Å². The average Bonchev–Trinajstić information content (AvgIpc) is 3.26. The van der Waals surface area contributed by atoms with Gasteiger partial charge in [0.1, 0.15) is 5.75 Å². The van der Waals surface area contributed by atoms with E-state index in [9.17, 15) is 4.79 Å². The maximum Gasteiger partial charge on any atom is 0.262 e. The summed E-state index contributed by atoms with van der Waals surface area (Å²) >= 11 is 0. The zero-order chi connectivity index (χ0) is 20.9. The lowest BCUT2D eigenvalue weighted by Crippen LogP contribution is -2.20. The molecule has 0 atom stereocenters. The minimum absolute atomic E-state index is 0.0995. The Hall–Kier alpha value is -3.93. The number of rotatable bonds is 6. The molecule has 1 N–H and O–H groups in total. The molecule has 0 aliphatic rings. The molecule has 0 aliphatic carbocycles. The van der Waals surface area contributed by atoms with Crippen LogP contribution in [-0.2, 0) is 4.79 Å². The van der Waals surface area contributed by atoms with Gasteiger partial charge in [-0.2, -0.15) is 4.98 Å². The van der Waals surface area contributed by atoms with Crippen molar-refractivity contribution < 1.29 is 14.1 Å². The summed E-state index contributed by atoms with van der Waals surface area (Å²) in [6.45, 7) is 3.88. The van der Waals surface area contributed by atoms with Crippen LogP contribution >= 0.6 is 0 Å². The summed E-state index contributed by atoms with van der Waals surface area (Å²) < 4.78 is 11.1. The van der Waals surface area contributed by atoms with E-state index in [0.717, 1.165) is 16.7 Å². The Morgan fingerprint density at radius 2 is 1.73 bits per heavy atom. The van der Waals surface area contributed by atoms with Crippen LogP contribution in [0, 0.1) is 13.8 Å². The van der Waals surface area contributed by atoms with Crippen LogP contribution in [0.15, 0.2) is 77.3 Å². The van der Waals surface area contributed by atoms with E-state index in [1.165, 1.54) is 0 Å². The normalized spacial score (nSPS) is 10.6. The number of nitrogens with one attached hydrogen (secondary N) is 1. The van der Waals surface area contributed by atoms with Crippen molar-refractivity contribution in [1.82, 2.24) is 10.1 Å². The van der Waals surface area contributed by atoms with Gasteiger partial charge in [-0.05, 0) is 43.2 Å². The molecule has 1 amide bonds. The quantitative estimate of drug-likeness (QED) is 0.492. The summed E-state index contributed by atoms with van der Waals surface area (Å²) in [7, 11) is 0. The zero-order valence-electron chi connectivity index (χ0n) is 16.8. The van der Waals surface area contributed by atoms with Crippen LogP contribution in [0.4, 0.5) is 5.69 Å². The highest BCUT2D eigenvalue weighted by Crippen LogP contribution is 2.28. The van der Waals surface area contributed by atoms with Crippen molar-refractivity contribution >= 4 is 11.6 Å². The molecule has 0 fully saturated rings. The van der Waals surface area contributed by atoms with E-state index < -0.39 is 0 Å². The lowest BCUT2D eigenvalue weighted by molar-refractivity contribution is -0.118. The van der Waals surface area contributed by atoms with Gasteiger partial charge in [0.25, 0.3) is 11.8 Å². The molecule has 0 unspecified atom stereocenters. The van der Waals surface area contributed by atoms with Crippen LogP contribution in [0.25, 0.3) is 22.8 Å². The second-order valence-corrected chi connectivity index (χ2v) is 6.87. The van der Waals surface area contributed by atoms with Crippen LogP contribution < -0.4 is 10.1 Å². The minimum atomic E-state index is -0.272. The lowest BCUT2D eigenvalue weighted by atomic mass is 10.1. The molecule has 4 aromatic rings. The standard InChI is InChI=1S/C24H21N3O3/c1-16-9-8-14-21(17(16)2)29-15-22(28)25-20-13-7-6-12-19(20)24-26-23(27-30-24)18-10-4-3-5-11-18/h3-14H,15H2,1-2H3,(H,25,28). The molecule has 4 rings (SSSR count). The molecule has 0 radical (unpaired) electrons. The van der Waals surface area contributed by atoms with Gasteiger partial charge in [-0.1, -0.05) is 59.8 Å². The van der Waals surface area contributed by atoms with Crippen molar-refractivity contribution in [2.75, 3.05) is 11.9 Å². The van der Waals surface area contributed by atoms with Gasteiger partial charge in [-0.25, -0.2) is 0 Å². The first-order valence-electron chi connectivity index (χ1n) is 9.59. The predicted molar refractivity (Wildman–Crippen MR) is 115 cm³/mol. The fraction of sp³-hybridized carbons (Fsp3) is 0.125. The number of ether oxygens (including phenoxy) is 1. The van der Waals surface area contributed by atoms with Gasteiger partial charge in [0.05, 0.1) is 11.3 Å². The Morgan fingerprint density at radius 1 is 0.967 bits per heavy atom. The summed E-state index contributed by atoms with van der Waals surface area (Å²) in [5.41, 5.74) is 4.22. The van der Waals surface area contributed by atoms with Crippen molar-refractivity contribution in [2.24, 2.45) is 0 Å². The highest BCUT2D eigenvalue weighted by atomic mass is 16.5. The number of aryl methyl sites for hydroxylation is 1. The maximum absolute atomic E-state index is 12.5. The summed E-state index contributed by atoms with van der Waals surface area (Å²) in [4.78, 5) is 17.0. The van der Waals surface area contributed by atoms with Crippen molar-refractivity contribution in [3.63, 3.8) is 0 Å². The molecule has 1 heterocycles. The number of carbonyl (C=O) groups is 1. The Labute approximate surface area is 174 Å². The molecule has 1 aromatic heterocycles. The third kappa shape index (κ3) is 4.22. The van der Waals surface area contributed by atoms with Crippen molar-refractivity contribution in [3.05, 3.63) is 83.9 Å². The molecular weight excluding hydrogens is 378 g/mol. The second kappa shape index (κ2) is 8.61. The number of amides is 1. The fourth-order valence-electron chi connectivity index (χ4n) is 3.03. The molecule has 0 spiro atoms. The number of anilines is 1. The predicted octanol–water partition coefficient (Wildman–Crippen LogP) is 5.04. The first kappa shape index (κ1) is 19.4. The topological polar surface area (TPSA) is 77.2 Å². The molecule has 0 bridgehead atoms. The van der Waals surface area contributed by atoms with Crippen LogP contribution in [-0.4, -0.2) is 22.7 Å². The smallest absolute Gasteiger partial charge is 0.262 e. The van der Waals surface area contributed by atoms with E-state index in [4.69, 9.17) is 9.26 Å². The van der Waals surface area contributed by atoms with E-state index in [1.807, 2.05) is 80.6 Å². The van der Waals surface area contributed by atoms with Crippen molar-refractivity contribution in [2.45, 2.75) is 13.8 Å². The zero-order valence-corrected chi connectivity index (χ0v) is 16.8. The van der Waals surface area contributed by atoms with E-state index >= 15 is 0 Å². The molecule has 6 heteroatoms. The highest BCUT2D eigenvalue weighted by molar-refractivity contribution is 5.95. The number of aromatic nitrogens is 2. The maximum atomic E-state index is 12.5. The van der Waals surface area contributed by atoms with Gasteiger partial charge in [-0.15, -0.1) is 0 Å². The molecule has 150 valence electrons.